The van der Waals surface area contributed by atoms with Gasteiger partial charge in [-0.05, 0) is 46.3 Å². The van der Waals surface area contributed by atoms with Crippen molar-refractivity contribution < 1.29 is 4.74 Å². The maximum Gasteiger partial charge on any atom is 0.145 e. The maximum absolute atomic E-state index is 9.02. The van der Waals surface area contributed by atoms with Crippen molar-refractivity contribution in [2.75, 3.05) is 5.73 Å². The summed E-state index contributed by atoms with van der Waals surface area (Å²) in [5, 5.41) is 9.51. The first-order valence-corrected chi connectivity index (χ1v) is 6.20. The Morgan fingerprint density at radius 3 is 2.67 bits per heavy atom. The molecule has 3 nitrogen and oxygen atoms in total. The lowest BCUT2D eigenvalue weighted by Crippen LogP contribution is -1.91. The normalized spacial score (nSPS) is 9.83. The van der Waals surface area contributed by atoms with Gasteiger partial charge in [0.2, 0.25) is 0 Å². The fraction of sp³-hybridized carbons (Fsp3) is 0. The number of nitrogens with zero attached hydrogens (tertiary/aromatic N) is 1. The van der Waals surface area contributed by atoms with Crippen molar-refractivity contribution in [3.63, 3.8) is 0 Å². The van der Waals surface area contributed by atoms with Crippen molar-refractivity contribution >= 4 is 33.2 Å². The molecular weight excluding hydrogens is 316 g/mol. The van der Waals surface area contributed by atoms with Gasteiger partial charge < -0.3 is 10.5 Å². The molecular formula is C13H8BrClN2O. The van der Waals surface area contributed by atoms with Crippen LogP contribution in [0.25, 0.3) is 0 Å². The molecule has 0 spiro atoms. The van der Waals surface area contributed by atoms with E-state index in [1.807, 2.05) is 6.07 Å². The SMILES string of the molecule is N#Cc1cc(Cl)ccc1Oc1cc(N)ccc1Br. The standard InChI is InChI=1S/C13H8BrClN2O/c14-11-3-2-10(17)6-13(11)18-12-4-1-9(15)5-8(12)7-16/h1-6H,17H2. The van der Waals surface area contributed by atoms with Gasteiger partial charge in [-0.15, -0.1) is 0 Å². The van der Waals surface area contributed by atoms with Crippen molar-refractivity contribution in [1.29, 1.82) is 5.26 Å². The first kappa shape index (κ1) is 12.7. The van der Waals surface area contributed by atoms with Crippen LogP contribution < -0.4 is 10.5 Å². The predicted molar refractivity (Wildman–Crippen MR) is 74.8 cm³/mol. The Balaban J connectivity index is 2.40. The first-order valence-electron chi connectivity index (χ1n) is 5.02. The highest BCUT2D eigenvalue weighted by Crippen LogP contribution is 2.33. The second-order valence-corrected chi connectivity index (χ2v) is 4.83. The third-order valence-electron chi connectivity index (χ3n) is 2.24. The molecule has 0 amide bonds. The molecule has 0 aromatic heterocycles. The molecule has 0 atom stereocenters. The van der Waals surface area contributed by atoms with Crippen LogP contribution in [0.15, 0.2) is 40.9 Å². The highest BCUT2D eigenvalue weighted by atomic mass is 79.9. The molecule has 2 rings (SSSR count). The van der Waals surface area contributed by atoms with E-state index in [4.69, 9.17) is 27.3 Å². The van der Waals surface area contributed by atoms with E-state index in [2.05, 4.69) is 15.9 Å². The number of benzene rings is 2. The summed E-state index contributed by atoms with van der Waals surface area (Å²) in [7, 11) is 0. The van der Waals surface area contributed by atoms with Gasteiger partial charge in [0.1, 0.15) is 17.6 Å². The molecule has 0 saturated heterocycles. The molecule has 5 heteroatoms. The predicted octanol–water partition coefficient (Wildman–Crippen LogP) is 4.35. The van der Waals surface area contributed by atoms with Crippen molar-refractivity contribution in [2.45, 2.75) is 0 Å². The first-order chi connectivity index (χ1) is 8.60. The van der Waals surface area contributed by atoms with E-state index in [0.717, 1.165) is 4.47 Å². The lowest BCUT2D eigenvalue weighted by molar-refractivity contribution is 0.478. The number of rotatable bonds is 2. The summed E-state index contributed by atoms with van der Waals surface area (Å²) in [4.78, 5) is 0. The molecule has 0 unspecified atom stereocenters. The van der Waals surface area contributed by atoms with Crippen LogP contribution in [-0.4, -0.2) is 0 Å². The minimum absolute atomic E-state index is 0.372. The number of ether oxygens (including phenoxy) is 1. The van der Waals surface area contributed by atoms with Crippen LogP contribution >= 0.6 is 27.5 Å². The van der Waals surface area contributed by atoms with E-state index < -0.39 is 0 Å². The molecule has 0 radical (unpaired) electrons. The summed E-state index contributed by atoms with van der Waals surface area (Å²) in [6.45, 7) is 0. The monoisotopic (exact) mass is 322 g/mol. The number of nitriles is 1. The number of anilines is 1. The summed E-state index contributed by atoms with van der Waals surface area (Å²) in [6, 6.07) is 12.1. The number of halogens is 2. The highest BCUT2D eigenvalue weighted by molar-refractivity contribution is 9.10. The molecule has 2 aromatic rings. The van der Waals surface area contributed by atoms with Gasteiger partial charge in [-0.25, -0.2) is 0 Å². The van der Waals surface area contributed by atoms with Gasteiger partial charge in [0.05, 0.1) is 10.0 Å². The molecule has 2 aromatic carbocycles. The zero-order valence-electron chi connectivity index (χ0n) is 9.15. The fourth-order valence-electron chi connectivity index (χ4n) is 1.40. The van der Waals surface area contributed by atoms with Crippen LogP contribution in [-0.2, 0) is 0 Å². The van der Waals surface area contributed by atoms with Gasteiger partial charge in [0.15, 0.2) is 0 Å². The molecule has 2 N–H and O–H groups in total. The van der Waals surface area contributed by atoms with Crippen LogP contribution in [0.3, 0.4) is 0 Å². The quantitative estimate of drug-likeness (QED) is 0.836. The molecule has 0 saturated carbocycles. The number of hydrogen-bond acceptors (Lipinski definition) is 3. The number of hydrogen-bond donors (Lipinski definition) is 1. The Morgan fingerprint density at radius 2 is 1.94 bits per heavy atom. The average Bonchev–Trinajstić information content (AvgIpc) is 2.36. The van der Waals surface area contributed by atoms with Gasteiger partial charge in [-0.2, -0.15) is 5.26 Å². The Hall–Kier alpha value is -1.70. The maximum atomic E-state index is 9.02. The Labute approximate surface area is 118 Å². The van der Waals surface area contributed by atoms with Gasteiger partial charge in [0, 0.05) is 16.8 Å². The third-order valence-corrected chi connectivity index (χ3v) is 3.13. The van der Waals surface area contributed by atoms with Crippen molar-refractivity contribution in [3.8, 4) is 17.6 Å². The molecule has 0 aliphatic heterocycles. The van der Waals surface area contributed by atoms with Crippen LogP contribution in [0.2, 0.25) is 5.02 Å². The summed E-state index contributed by atoms with van der Waals surface area (Å²) in [6.07, 6.45) is 0. The second-order valence-electron chi connectivity index (χ2n) is 3.54. The van der Waals surface area contributed by atoms with E-state index in [1.54, 1.807) is 36.4 Å². The van der Waals surface area contributed by atoms with Crippen molar-refractivity contribution in [1.82, 2.24) is 0 Å². The lowest BCUT2D eigenvalue weighted by Gasteiger charge is -2.10. The van der Waals surface area contributed by atoms with E-state index >= 15 is 0 Å². The molecule has 18 heavy (non-hydrogen) atoms. The van der Waals surface area contributed by atoms with Gasteiger partial charge in [-0.3, -0.25) is 0 Å². The van der Waals surface area contributed by atoms with Crippen molar-refractivity contribution in [2.24, 2.45) is 0 Å². The Morgan fingerprint density at radius 1 is 1.17 bits per heavy atom. The summed E-state index contributed by atoms with van der Waals surface area (Å²) in [5.74, 6) is 0.988. The number of nitrogen functional groups attached to an aromatic ring is 1. The molecule has 0 aliphatic carbocycles. The smallest absolute Gasteiger partial charge is 0.145 e. The molecule has 0 fully saturated rings. The van der Waals surface area contributed by atoms with Crippen LogP contribution in [0.5, 0.6) is 11.5 Å². The Kier molecular flexibility index (Phi) is 3.75. The molecule has 0 heterocycles. The van der Waals surface area contributed by atoms with Crippen LogP contribution in [0.4, 0.5) is 5.69 Å². The number of nitrogens with two attached hydrogens (primary N) is 1. The topological polar surface area (TPSA) is 59.0 Å². The van der Waals surface area contributed by atoms with Gasteiger partial charge in [0.25, 0.3) is 0 Å². The largest absolute Gasteiger partial charge is 0.455 e. The van der Waals surface area contributed by atoms with Crippen LogP contribution in [0.1, 0.15) is 5.56 Å². The minimum Gasteiger partial charge on any atom is -0.455 e. The van der Waals surface area contributed by atoms with Gasteiger partial charge >= 0.3 is 0 Å². The van der Waals surface area contributed by atoms with E-state index in [0.29, 0.717) is 27.8 Å². The average molecular weight is 324 g/mol. The third kappa shape index (κ3) is 2.76. The molecule has 90 valence electrons. The summed E-state index contributed by atoms with van der Waals surface area (Å²) >= 11 is 9.18. The zero-order valence-corrected chi connectivity index (χ0v) is 11.5. The molecule has 0 bridgehead atoms. The summed E-state index contributed by atoms with van der Waals surface area (Å²) < 4.78 is 6.42. The van der Waals surface area contributed by atoms with E-state index in [9.17, 15) is 0 Å². The highest BCUT2D eigenvalue weighted by Gasteiger charge is 2.08. The Bertz CT molecular complexity index is 637. The van der Waals surface area contributed by atoms with E-state index in [1.165, 1.54) is 0 Å². The van der Waals surface area contributed by atoms with Gasteiger partial charge in [-0.1, -0.05) is 11.6 Å². The zero-order chi connectivity index (χ0) is 13.1. The fourth-order valence-corrected chi connectivity index (χ4v) is 1.89. The molecule has 0 aliphatic rings. The van der Waals surface area contributed by atoms with Crippen molar-refractivity contribution in [3.05, 3.63) is 51.5 Å². The second kappa shape index (κ2) is 5.30. The summed E-state index contributed by atoms with van der Waals surface area (Å²) in [5.41, 5.74) is 6.64. The minimum atomic E-state index is 0.372. The lowest BCUT2D eigenvalue weighted by atomic mass is 10.2. The van der Waals surface area contributed by atoms with Crippen LogP contribution in [0, 0.1) is 11.3 Å². The van der Waals surface area contributed by atoms with E-state index in [-0.39, 0.29) is 0 Å².